The van der Waals surface area contributed by atoms with E-state index in [1.54, 1.807) is 0 Å². The van der Waals surface area contributed by atoms with Gasteiger partial charge < -0.3 is 15.7 Å². The van der Waals surface area contributed by atoms with Crippen LogP contribution in [0.1, 0.15) is 26.1 Å². The van der Waals surface area contributed by atoms with Gasteiger partial charge in [0, 0.05) is 22.2 Å². The lowest BCUT2D eigenvalue weighted by Gasteiger charge is -2.01. The number of anilines is 1. The number of para-hydroxylation sites is 1. The molecule has 3 aromatic heterocycles. The molecular weight excluding hydrogens is 286 g/mol. The molecule has 4 rings (SSSR count). The minimum atomic E-state index is 0.470. The van der Waals surface area contributed by atoms with Crippen LogP contribution in [0.4, 0.5) is 5.82 Å². The van der Waals surface area contributed by atoms with E-state index in [2.05, 4.69) is 52.0 Å². The summed E-state index contributed by atoms with van der Waals surface area (Å²) in [4.78, 5) is 15.3. The molecule has 0 fully saturated rings. The van der Waals surface area contributed by atoms with E-state index in [-0.39, 0.29) is 0 Å². The number of aromatic amines is 2. The zero-order valence-electron chi connectivity index (χ0n) is 13.6. The molecule has 0 atom stereocenters. The molecule has 0 aliphatic rings. The second-order valence-electron chi connectivity index (χ2n) is 5.59. The fraction of sp³-hybridized carbons (Fsp3) is 0.222. The maximum absolute atomic E-state index is 5.89. The lowest BCUT2D eigenvalue weighted by molar-refractivity contribution is 1.09. The molecule has 23 heavy (non-hydrogen) atoms. The molecule has 0 saturated heterocycles. The summed E-state index contributed by atoms with van der Waals surface area (Å²) in [6.07, 6.45) is 1.25. The van der Waals surface area contributed by atoms with Crippen LogP contribution >= 0.6 is 0 Å². The molecule has 5 heteroatoms. The molecule has 1 aromatic carbocycles. The highest BCUT2D eigenvalue weighted by atomic mass is 15.0. The van der Waals surface area contributed by atoms with Crippen LogP contribution in [0, 0.1) is 6.92 Å². The molecule has 0 spiro atoms. The number of hydrogen-bond acceptors (Lipinski definition) is 3. The quantitative estimate of drug-likeness (QED) is 0.487. The van der Waals surface area contributed by atoms with Crippen molar-refractivity contribution in [2.45, 2.75) is 27.2 Å². The van der Waals surface area contributed by atoms with E-state index in [1.165, 1.54) is 11.8 Å². The van der Waals surface area contributed by atoms with Crippen LogP contribution in [0.25, 0.3) is 33.3 Å². The first kappa shape index (κ1) is 15.1. The Morgan fingerprint density at radius 2 is 1.78 bits per heavy atom. The van der Waals surface area contributed by atoms with Crippen LogP contribution < -0.4 is 5.73 Å². The number of aryl methyl sites for hydroxylation is 1. The van der Waals surface area contributed by atoms with Gasteiger partial charge in [0.05, 0.1) is 5.52 Å². The molecule has 118 valence electrons. The van der Waals surface area contributed by atoms with Gasteiger partial charge >= 0.3 is 0 Å². The van der Waals surface area contributed by atoms with Gasteiger partial charge in [0.2, 0.25) is 0 Å². The summed E-state index contributed by atoms with van der Waals surface area (Å²) in [7, 11) is 0. The van der Waals surface area contributed by atoms with Crippen molar-refractivity contribution in [3.8, 4) is 11.3 Å². The Morgan fingerprint density at radius 3 is 2.52 bits per heavy atom. The number of nitrogen functional groups attached to an aromatic ring is 1. The summed E-state index contributed by atoms with van der Waals surface area (Å²) >= 11 is 0. The lowest BCUT2D eigenvalue weighted by Crippen LogP contribution is -1.92. The highest BCUT2D eigenvalue weighted by Gasteiger charge is 2.12. The van der Waals surface area contributed by atoms with Crippen LogP contribution in [0.5, 0.6) is 0 Å². The zero-order chi connectivity index (χ0) is 16.4. The number of fused-ring (bicyclic) bond motifs is 2. The number of aromatic nitrogens is 4. The number of pyridine rings is 1. The SMILES string of the molecule is CCC.Cc1nc2nc(N)cc(-c3cc4ccccc4[nH]3)c2[nH]1. The highest BCUT2D eigenvalue weighted by Crippen LogP contribution is 2.30. The Hall–Kier alpha value is -2.82. The van der Waals surface area contributed by atoms with Crippen LogP contribution in [0.3, 0.4) is 0 Å². The Bertz CT molecular complexity index is 916. The molecule has 0 saturated carbocycles. The first-order chi connectivity index (χ1) is 11.1. The summed E-state index contributed by atoms with van der Waals surface area (Å²) < 4.78 is 0. The van der Waals surface area contributed by atoms with E-state index < -0.39 is 0 Å². The Labute approximate surface area is 135 Å². The third-order valence-electron chi connectivity index (χ3n) is 3.42. The van der Waals surface area contributed by atoms with Gasteiger partial charge in [0.15, 0.2) is 5.65 Å². The topological polar surface area (TPSA) is 83.4 Å². The van der Waals surface area contributed by atoms with Gasteiger partial charge in [-0.05, 0) is 25.1 Å². The fourth-order valence-corrected chi connectivity index (χ4v) is 2.55. The van der Waals surface area contributed by atoms with E-state index in [0.717, 1.165) is 28.1 Å². The predicted molar refractivity (Wildman–Crippen MR) is 96.3 cm³/mol. The molecule has 5 nitrogen and oxygen atoms in total. The van der Waals surface area contributed by atoms with Crippen LogP contribution in [0.2, 0.25) is 0 Å². The molecule has 4 aromatic rings. The summed E-state index contributed by atoms with van der Waals surface area (Å²) in [5, 5.41) is 1.17. The molecule has 4 N–H and O–H groups in total. The number of nitrogens with zero attached hydrogens (tertiary/aromatic N) is 2. The predicted octanol–water partition coefficient (Wildman–Crippen LogP) is 4.41. The van der Waals surface area contributed by atoms with E-state index in [0.29, 0.717) is 11.5 Å². The number of H-pyrrole nitrogens is 2. The minimum Gasteiger partial charge on any atom is -0.384 e. The van der Waals surface area contributed by atoms with E-state index in [4.69, 9.17) is 5.73 Å². The molecular formula is C18H21N5. The number of benzene rings is 1. The van der Waals surface area contributed by atoms with Crippen LogP contribution in [-0.4, -0.2) is 19.9 Å². The maximum Gasteiger partial charge on any atom is 0.180 e. The average Bonchev–Trinajstić information content (AvgIpc) is 3.09. The second-order valence-corrected chi connectivity index (χ2v) is 5.59. The summed E-state index contributed by atoms with van der Waals surface area (Å²) in [6, 6.07) is 12.1. The molecule has 0 bridgehead atoms. The van der Waals surface area contributed by atoms with Crippen molar-refractivity contribution in [1.82, 2.24) is 19.9 Å². The monoisotopic (exact) mass is 307 g/mol. The van der Waals surface area contributed by atoms with Crippen molar-refractivity contribution < 1.29 is 0 Å². The van der Waals surface area contributed by atoms with Gasteiger partial charge in [-0.2, -0.15) is 0 Å². The lowest BCUT2D eigenvalue weighted by atomic mass is 10.1. The van der Waals surface area contributed by atoms with Gasteiger partial charge in [0.1, 0.15) is 11.6 Å². The Balaban J connectivity index is 0.000000485. The molecule has 0 unspecified atom stereocenters. The number of nitrogens with one attached hydrogen (secondary N) is 2. The molecule has 0 aliphatic carbocycles. The summed E-state index contributed by atoms with van der Waals surface area (Å²) in [5.74, 6) is 1.30. The van der Waals surface area contributed by atoms with Gasteiger partial charge in [-0.3, -0.25) is 0 Å². The third-order valence-corrected chi connectivity index (χ3v) is 3.42. The standard InChI is InChI=1S/C15H13N5.C3H8/c1-8-17-14-10(7-13(16)20-15(14)18-8)12-6-9-4-2-3-5-11(9)19-12;1-3-2/h2-7,19H,1H3,(H3,16,17,18,20);3H2,1-2H3. The minimum absolute atomic E-state index is 0.470. The van der Waals surface area contributed by atoms with E-state index >= 15 is 0 Å². The van der Waals surface area contributed by atoms with Crippen LogP contribution in [-0.2, 0) is 0 Å². The van der Waals surface area contributed by atoms with Gasteiger partial charge in [-0.1, -0.05) is 38.5 Å². The van der Waals surface area contributed by atoms with Crippen molar-refractivity contribution in [3.05, 3.63) is 42.2 Å². The Kier molecular flexibility index (Phi) is 4.02. The third kappa shape index (κ3) is 2.90. The van der Waals surface area contributed by atoms with Crippen molar-refractivity contribution in [3.63, 3.8) is 0 Å². The largest absolute Gasteiger partial charge is 0.384 e. The normalized spacial score (nSPS) is 10.7. The average molecular weight is 307 g/mol. The fourth-order valence-electron chi connectivity index (χ4n) is 2.55. The highest BCUT2D eigenvalue weighted by molar-refractivity contribution is 5.95. The first-order valence-corrected chi connectivity index (χ1v) is 7.83. The summed E-state index contributed by atoms with van der Waals surface area (Å²) in [5.41, 5.74) is 10.5. The van der Waals surface area contributed by atoms with Gasteiger partial charge in [-0.25, -0.2) is 9.97 Å². The van der Waals surface area contributed by atoms with Crippen molar-refractivity contribution in [1.29, 1.82) is 0 Å². The second kappa shape index (κ2) is 6.12. The van der Waals surface area contributed by atoms with Gasteiger partial charge in [0.25, 0.3) is 0 Å². The van der Waals surface area contributed by atoms with Crippen molar-refractivity contribution in [2.24, 2.45) is 0 Å². The van der Waals surface area contributed by atoms with Crippen molar-refractivity contribution >= 4 is 27.9 Å². The number of nitrogens with two attached hydrogens (primary N) is 1. The van der Waals surface area contributed by atoms with Crippen LogP contribution in [0.15, 0.2) is 36.4 Å². The number of hydrogen-bond donors (Lipinski definition) is 3. The zero-order valence-corrected chi connectivity index (χ0v) is 13.6. The number of rotatable bonds is 1. The van der Waals surface area contributed by atoms with E-state index in [1.807, 2.05) is 25.1 Å². The van der Waals surface area contributed by atoms with E-state index in [9.17, 15) is 0 Å². The molecule has 3 heterocycles. The molecule has 0 amide bonds. The Morgan fingerprint density at radius 1 is 1.04 bits per heavy atom. The maximum atomic E-state index is 5.89. The number of imidazole rings is 1. The first-order valence-electron chi connectivity index (χ1n) is 7.83. The van der Waals surface area contributed by atoms with Crippen molar-refractivity contribution in [2.75, 3.05) is 5.73 Å². The van der Waals surface area contributed by atoms with Gasteiger partial charge in [-0.15, -0.1) is 0 Å². The smallest absolute Gasteiger partial charge is 0.180 e. The summed E-state index contributed by atoms with van der Waals surface area (Å²) in [6.45, 7) is 6.16. The molecule has 0 radical (unpaired) electrons. The molecule has 0 aliphatic heterocycles.